The van der Waals surface area contributed by atoms with E-state index < -0.39 is 4.92 Å². The molecule has 0 aromatic heterocycles. The molecule has 2 bridgehead atoms. The third kappa shape index (κ3) is 2.56. The van der Waals surface area contributed by atoms with Crippen LogP contribution in [0.3, 0.4) is 0 Å². The first-order chi connectivity index (χ1) is 17.5. The number of benzene rings is 2. The number of carbonyl (C=O) groups excluding carboxylic acids is 1. The predicted octanol–water partition coefficient (Wildman–Crippen LogP) is 3.75. The number of nitro benzene ring substituents is 1. The van der Waals surface area contributed by atoms with Gasteiger partial charge in [-0.05, 0) is 54.6 Å². The lowest BCUT2D eigenvalue weighted by molar-refractivity contribution is -0.384. The van der Waals surface area contributed by atoms with E-state index in [4.69, 9.17) is 9.73 Å². The van der Waals surface area contributed by atoms with Crippen LogP contribution in [0.4, 0.5) is 17.1 Å². The van der Waals surface area contributed by atoms with Crippen LogP contribution >= 0.6 is 0 Å². The van der Waals surface area contributed by atoms with Crippen LogP contribution in [-0.2, 0) is 14.9 Å². The van der Waals surface area contributed by atoms with E-state index in [0.29, 0.717) is 36.5 Å². The Morgan fingerprint density at radius 1 is 1.22 bits per heavy atom. The summed E-state index contributed by atoms with van der Waals surface area (Å²) in [6.45, 7) is 2.68. The van der Waals surface area contributed by atoms with Gasteiger partial charge >= 0.3 is 0 Å². The molecule has 36 heavy (non-hydrogen) atoms. The fraction of sp³-hybridized carbons (Fsp3) is 0.429. The Bertz CT molecular complexity index is 1400. The fourth-order valence-corrected chi connectivity index (χ4v) is 8.49. The van der Waals surface area contributed by atoms with E-state index >= 15 is 0 Å². The van der Waals surface area contributed by atoms with Crippen molar-refractivity contribution in [2.24, 2.45) is 16.8 Å². The minimum absolute atomic E-state index is 0.0110. The Morgan fingerprint density at radius 2 is 2.14 bits per heavy atom. The largest absolute Gasteiger partial charge is 0.373 e. The summed E-state index contributed by atoms with van der Waals surface area (Å²) in [5.41, 5.74) is 5.26. The lowest BCUT2D eigenvalue weighted by atomic mass is 9.53. The monoisotopic (exact) mass is 482 g/mol. The third-order valence-corrected chi connectivity index (χ3v) is 9.74. The molecule has 8 heteroatoms. The molecule has 1 saturated carbocycles. The normalized spacial score (nSPS) is 35.6. The van der Waals surface area contributed by atoms with Crippen LogP contribution in [0.2, 0.25) is 0 Å². The topological polar surface area (TPSA) is 88.3 Å². The summed E-state index contributed by atoms with van der Waals surface area (Å²) in [7, 11) is 0. The van der Waals surface area contributed by atoms with E-state index in [-0.39, 0.29) is 29.2 Å². The van der Waals surface area contributed by atoms with Crippen LogP contribution in [0.25, 0.3) is 0 Å². The van der Waals surface area contributed by atoms with E-state index in [2.05, 4.69) is 28.0 Å². The molecule has 8 rings (SSSR count). The summed E-state index contributed by atoms with van der Waals surface area (Å²) in [6.07, 6.45) is 6.60. The summed E-state index contributed by atoms with van der Waals surface area (Å²) in [5, 5.41) is 11.1. The van der Waals surface area contributed by atoms with Crippen molar-refractivity contribution in [1.29, 1.82) is 0 Å². The van der Waals surface area contributed by atoms with Crippen molar-refractivity contribution < 1.29 is 14.5 Å². The van der Waals surface area contributed by atoms with Gasteiger partial charge in [-0.1, -0.05) is 23.8 Å². The molecule has 3 saturated heterocycles. The maximum Gasteiger partial charge on any atom is 0.270 e. The second-order valence-electron chi connectivity index (χ2n) is 11.1. The van der Waals surface area contributed by atoms with Gasteiger partial charge in [0.1, 0.15) is 0 Å². The summed E-state index contributed by atoms with van der Waals surface area (Å²) < 4.78 is 6.32. The number of anilines is 1. The van der Waals surface area contributed by atoms with E-state index in [1.54, 1.807) is 12.3 Å². The lowest BCUT2D eigenvalue weighted by Gasteiger charge is -2.58. The molecule has 5 heterocycles. The minimum Gasteiger partial charge on any atom is -0.373 e. The van der Waals surface area contributed by atoms with Crippen LogP contribution in [0.1, 0.15) is 30.4 Å². The Kier molecular flexibility index (Phi) is 4.11. The molecule has 0 N–H and O–H groups in total. The Hall–Kier alpha value is -3.36. The van der Waals surface area contributed by atoms with Gasteiger partial charge in [0.2, 0.25) is 5.91 Å². The Balaban J connectivity index is 1.25. The average molecular weight is 483 g/mol. The molecule has 1 spiro atoms. The summed E-state index contributed by atoms with van der Waals surface area (Å²) in [5.74, 6) is 0.998. The van der Waals surface area contributed by atoms with Crippen molar-refractivity contribution in [1.82, 2.24) is 4.90 Å². The SMILES string of the molecule is O=C1C[C@@H]2OCC=C3CN4CC[C@]56c7cc(N=Cc8cccc([N+](=O)[O-])c8)ccc7N1[C@H]5[C@@H]2[C@H]3C[C@H]46. The van der Waals surface area contributed by atoms with Crippen molar-refractivity contribution in [3.05, 3.63) is 75.4 Å². The van der Waals surface area contributed by atoms with Gasteiger partial charge in [0.05, 0.1) is 35.8 Å². The molecule has 1 aliphatic carbocycles. The van der Waals surface area contributed by atoms with Gasteiger partial charge in [-0.2, -0.15) is 0 Å². The van der Waals surface area contributed by atoms with E-state index in [9.17, 15) is 14.9 Å². The van der Waals surface area contributed by atoms with Crippen LogP contribution in [-0.4, -0.2) is 59.8 Å². The Morgan fingerprint density at radius 3 is 3.03 bits per heavy atom. The maximum atomic E-state index is 13.6. The van der Waals surface area contributed by atoms with Gasteiger partial charge < -0.3 is 9.64 Å². The highest BCUT2D eigenvalue weighted by molar-refractivity contribution is 5.99. The summed E-state index contributed by atoms with van der Waals surface area (Å²) in [4.78, 5) is 33.8. The van der Waals surface area contributed by atoms with Gasteiger partial charge in [-0.15, -0.1) is 0 Å². The fourth-order valence-electron chi connectivity index (χ4n) is 8.49. The van der Waals surface area contributed by atoms with E-state index in [0.717, 1.165) is 37.3 Å². The predicted molar refractivity (Wildman–Crippen MR) is 134 cm³/mol. The molecule has 2 aromatic rings. The third-order valence-electron chi connectivity index (χ3n) is 9.74. The van der Waals surface area contributed by atoms with E-state index in [1.165, 1.54) is 23.3 Å². The molecule has 4 fully saturated rings. The Labute approximate surface area is 208 Å². The van der Waals surface area contributed by atoms with Crippen molar-refractivity contribution in [2.45, 2.75) is 42.9 Å². The molecule has 182 valence electrons. The highest BCUT2D eigenvalue weighted by Gasteiger charge is 2.71. The first-order valence-corrected chi connectivity index (χ1v) is 12.8. The number of piperidine rings is 2. The van der Waals surface area contributed by atoms with Gasteiger partial charge in [-0.25, -0.2) is 0 Å². The first-order valence-electron chi connectivity index (χ1n) is 12.8. The van der Waals surface area contributed by atoms with Gasteiger partial charge in [0.25, 0.3) is 5.69 Å². The van der Waals surface area contributed by atoms with Gasteiger partial charge in [0.15, 0.2) is 0 Å². The molecule has 0 radical (unpaired) electrons. The zero-order valence-electron chi connectivity index (χ0n) is 19.7. The summed E-state index contributed by atoms with van der Waals surface area (Å²) >= 11 is 0. The zero-order valence-corrected chi connectivity index (χ0v) is 19.7. The molecular weight excluding hydrogens is 456 g/mol. The summed E-state index contributed by atoms with van der Waals surface area (Å²) in [6, 6.07) is 13.3. The smallest absolute Gasteiger partial charge is 0.270 e. The number of rotatable bonds is 3. The van der Waals surface area contributed by atoms with Crippen molar-refractivity contribution in [3.63, 3.8) is 0 Å². The number of fused-ring (bicyclic) bond motifs is 2. The van der Waals surface area contributed by atoms with Crippen LogP contribution in [0.5, 0.6) is 0 Å². The number of nitro groups is 1. The molecule has 0 unspecified atom stereocenters. The maximum absolute atomic E-state index is 13.6. The number of hydrogen-bond donors (Lipinski definition) is 0. The molecule has 5 aliphatic heterocycles. The molecule has 6 atom stereocenters. The van der Waals surface area contributed by atoms with Gasteiger partial charge in [0, 0.05) is 48.0 Å². The molecule has 1 amide bonds. The first kappa shape index (κ1) is 20.8. The second-order valence-corrected chi connectivity index (χ2v) is 11.1. The minimum atomic E-state index is -0.392. The number of ether oxygens (including phenoxy) is 1. The molecular formula is C28H26N4O4. The highest BCUT2D eigenvalue weighted by Crippen LogP contribution is 2.66. The molecule has 2 aromatic carbocycles. The zero-order chi connectivity index (χ0) is 24.2. The van der Waals surface area contributed by atoms with Crippen molar-refractivity contribution in [2.75, 3.05) is 24.6 Å². The molecule has 6 aliphatic rings. The quantitative estimate of drug-likeness (QED) is 0.288. The van der Waals surface area contributed by atoms with Crippen LogP contribution in [0, 0.1) is 22.0 Å². The van der Waals surface area contributed by atoms with Crippen molar-refractivity contribution in [3.8, 4) is 0 Å². The van der Waals surface area contributed by atoms with E-state index in [1.807, 2.05) is 12.1 Å². The van der Waals surface area contributed by atoms with Crippen LogP contribution < -0.4 is 4.90 Å². The number of carbonyl (C=O) groups is 1. The van der Waals surface area contributed by atoms with Crippen molar-refractivity contribution >= 4 is 29.2 Å². The highest BCUT2D eigenvalue weighted by atomic mass is 16.6. The standard InChI is InChI=1S/C28H26N4O4/c33-25-13-23-26-20-12-24-28(7-8-30(24)15-17(20)6-9-36-23)21-11-18(4-5-22(21)31(25)27(26)28)29-14-16-2-1-3-19(10-16)32(34)35/h1-6,10-11,14,20,23-24,26-27H,7-9,12-13,15H2/t20-,23-,24-,26+,27-,28+/m0/s1. The number of hydrogen-bond acceptors (Lipinski definition) is 6. The average Bonchev–Trinajstić information content (AvgIpc) is 3.35. The number of nitrogens with zero attached hydrogens (tertiary/aromatic N) is 4. The number of amides is 1. The second kappa shape index (κ2) is 7.11. The van der Waals surface area contributed by atoms with Crippen LogP contribution in [0.15, 0.2) is 59.1 Å². The number of aliphatic imine (C=N–C) groups is 1. The number of non-ortho nitro benzene ring substituents is 1. The molecule has 8 nitrogen and oxygen atoms in total. The van der Waals surface area contributed by atoms with Gasteiger partial charge in [-0.3, -0.25) is 24.8 Å². The lowest BCUT2D eigenvalue weighted by Crippen LogP contribution is -2.69.